The molecule has 0 radical (unpaired) electrons. The van der Waals surface area contributed by atoms with Gasteiger partial charge in [0.15, 0.2) is 0 Å². The van der Waals surface area contributed by atoms with Crippen molar-refractivity contribution in [3.8, 4) is 5.75 Å². The molecule has 0 aromatic heterocycles. The fourth-order valence-corrected chi connectivity index (χ4v) is 4.69. The van der Waals surface area contributed by atoms with Gasteiger partial charge in [0.25, 0.3) is 5.91 Å². The molecule has 4 rings (SSSR count). The van der Waals surface area contributed by atoms with Gasteiger partial charge in [-0.15, -0.1) is 0 Å². The number of rotatable bonds is 4. The van der Waals surface area contributed by atoms with Crippen molar-refractivity contribution in [2.24, 2.45) is 0 Å². The molecule has 0 saturated carbocycles. The van der Waals surface area contributed by atoms with E-state index in [9.17, 15) is 9.90 Å². The number of nitrogens with one attached hydrogen (secondary N) is 1. The molecule has 0 aliphatic heterocycles. The maximum atomic E-state index is 12.7. The van der Waals surface area contributed by atoms with Gasteiger partial charge < -0.3 is 10.4 Å². The number of amides is 1. The summed E-state index contributed by atoms with van der Waals surface area (Å²) in [6.45, 7) is 11.5. The molecule has 33 heavy (non-hydrogen) atoms. The molecule has 0 atom stereocenters. The van der Waals surface area contributed by atoms with Crippen molar-refractivity contribution in [1.82, 2.24) is 0 Å². The minimum Gasteiger partial charge on any atom is -0.508 e. The first-order valence-electron chi connectivity index (χ1n) is 11.6. The van der Waals surface area contributed by atoms with E-state index in [1.165, 1.54) is 35.1 Å². The molecule has 1 aliphatic rings. The third-order valence-corrected chi connectivity index (χ3v) is 6.97. The Hall–Kier alpha value is -3.33. The minimum absolute atomic E-state index is 0.171. The normalized spacial score (nSPS) is 16.7. The van der Waals surface area contributed by atoms with E-state index in [4.69, 9.17) is 0 Å². The largest absolute Gasteiger partial charge is 0.508 e. The van der Waals surface area contributed by atoms with Crippen molar-refractivity contribution in [2.75, 3.05) is 5.32 Å². The molecule has 170 valence electrons. The smallest absolute Gasteiger partial charge is 0.255 e. The van der Waals surface area contributed by atoms with Gasteiger partial charge in [-0.1, -0.05) is 64.1 Å². The van der Waals surface area contributed by atoms with Crippen molar-refractivity contribution in [3.05, 3.63) is 94.5 Å². The molecule has 3 nitrogen and oxygen atoms in total. The monoisotopic (exact) mass is 439 g/mol. The predicted octanol–water partition coefficient (Wildman–Crippen LogP) is 7.55. The molecular formula is C30H33NO2. The van der Waals surface area contributed by atoms with Crippen LogP contribution in [0.3, 0.4) is 0 Å². The number of anilines is 1. The number of phenols is 1. The average Bonchev–Trinajstić information content (AvgIpc) is 2.78. The fourth-order valence-electron chi connectivity index (χ4n) is 4.69. The lowest BCUT2D eigenvalue weighted by atomic mass is 9.63. The van der Waals surface area contributed by atoms with Crippen molar-refractivity contribution < 1.29 is 9.90 Å². The zero-order valence-corrected chi connectivity index (χ0v) is 20.2. The standard InChI is InChI=1S/C30H33NO2/c1-20(22-9-14-26-27(19-22)30(4,5)16-15-29(26,2)3)17-21-7-6-8-23(18-21)28(33)31-24-10-12-25(32)13-11-24/h6-14,17-19,32H,15-16H2,1-5H3,(H,31,33)/b20-17+. The van der Waals surface area contributed by atoms with E-state index in [-0.39, 0.29) is 22.5 Å². The van der Waals surface area contributed by atoms with Crippen LogP contribution in [0, 0.1) is 0 Å². The number of carbonyl (C=O) groups is 1. The number of aromatic hydroxyl groups is 1. The van der Waals surface area contributed by atoms with E-state index in [0.29, 0.717) is 11.3 Å². The Kier molecular flexibility index (Phi) is 5.92. The number of fused-ring (bicyclic) bond motifs is 1. The van der Waals surface area contributed by atoms with Crippen LogP contribution in [0.25, 0.3) is 11.6 Å². The highest BCUT2D eigenvalue weighted by Gasteiger charge is 2.36. The van der Waals surface area contributed by atoms with Crippen LogP contribution in [-0.2, 0) is 10.8 Å². The first-order chi connectivity index (χ1) is 15.5. The first kappa shape index (κ1) is 22.8. The predicted molar refractivity (Wildman–Crippen MR) is 138 cm³/mol. The summed E-state index contributed by atoms with van der Waals surface area (Å²) in [5.74, 6) is -0.00362. The van der Waals surface area contributed by atoms with Gasteiger partial charge in [-0.2, -0.15) is 0 Å². The summed E-state index contributed by atoms with van der Waals surface area (Å²) in [5.41, 5.74) is 7.92. The summed E-state index contributed by atoms with van der Waals surface area (Å²) in [4.78, 5) is 12.7. The molecule has 1 aliphatic carbocycles. The van der Waals surface area contributed by atoms with Crippen LogP contribution in [-0.4, -0.2) is 11.0 Å². The second-order valence-electron chi connectivity index (χ2n) is 10.5. The van der Waals surface area contributed by atoms with Gasteiger partial charge in [0.1, 0.15) is 5.75 Å². The molecule has 3 aromatic carbocycles. The van der Waals surface area contributed by atoms with Crippen LogP contribution in [0.15, 0.2) is 66.7 Å². The fraction of sp³-hybridized carbons (Fsp3) is 0.300. The molecule has 1 amide bonds. The van der Waals surface area contributed by atoms with Crippen LogP contribution in [0.1, 0.15) is 80.1 Å². The lowest BCUT2D eigenvalue weighted by Crippen LogP contribution is -2.33. The quantitative estimate of drug-likeness (QED) is 0.326. The van der Waals surface area contributed by atoms with E-state index in [1.807, 2.05) is 24.3 Å². The maximum absolute atomic E-state index is 12.7. The Morgan fingerprint density at radius 2 is 1.52 bits per heavy atom. The van der Waals surface area contributed by atoms with Crippen molar-refractivity contribution in [1.29, 1.82) is 0 Å². The second kappa shape index (κ2) is 8.55. The molecule has 0 spiro atoms. The van der Waals surface area contributed by atoms with Gasteiger partial charge in [0.2, 0.25) is 0 Å². The number of allylic oxidation sites excluding steroid dienone is 1. The SMILES string of the molecule is C/C(=C\c1cccc(C(=O)Nc2ccc(O)cc2)c1)c1ccc2c(c1)C(C)(C)CCC2(C)C. The lowest BCUT2D eigenvalue weighted by Gasteiger charge is -2.42. The Bertz CT molecular complexity index is 1220. The van der Waals surface area contributed by atoms with Crippen LogP contribution in [0.2, 0.25) is 0 Å². The maximum Gasteiger partial charge on any atom is 0.255 e. The number of benzene rings is 3. The van der Waals surface area contributed by atoms with Crippen LogP contribution in [0.4, 0.5) is 5.69 Å². The summed E-state index contributed by atoms with van der Waals surface area (Å²) in [6.07, 6.45) is 4.54. The van der Waals surface area contributed by atoms with E-state index < -0.39 is 0 Å². The molecular weight excluding hydrogens is 406 g/mol. The Morgan fingerprint density at radius 3 is 2.21 bits per heavy atom. The van der Waals surface area contributed by atoms with Crippen molar-refractivity contribution in [2.45, 2.75) is 58.3 Å². The van der Waals surface area contributed by atoms with E-state index >= 15 is 0 Å². The number of hydrogen-bond donors (Lipinski definition) is 2. The van der Waals surface area contributed by atoms with Gasteiger partial charge in [-0.25, -0.2) is 0 Å². The topological polar surface area (TPSA) is 49.3 Å². The zero-order chi connectivity index (χ0) is 23.8. The molecule has 0 bridgehead atoms. The van der Waals surface area contributed by atoms with Crippen LogP contribution < -0.4 is 5.32 Å². The second-order valence-corrected chi connectivity index (χ2v) is 10.5. The minimum atomic E-state index is -0.175. The van der Waals surface area contributed by atoms with Gasteiger partial charge >= 0.3 is 0 Å². The molecule has 3 aromatic rings. The van der Waals surface area contributed by atoms with Crippen LogP contribution >= 0.6 is 0 Å². The number of carbonyl (C=O) groups excluding carboxylic acids is 1. The highest BCUT2D eigenvalue weighted by molar-refractivity contribution is 6.04. The van der Waals surface area contributed by atoms with E-state index in [0.717, 1.165) is 5.56 Å². The van der Waals surface area contributed by atoms with Gasteiger partial charge in [-0.05, 0) is 94.8 Å². The summed E-state index contributed by atoms with van der Waals surface area (Å²) in [5, 5.41) is 12.3. The van der Waals surface area contributed by atoms with Crippen LogP contribution in [0.5, 0.6) is 5.75 Å². The molecule has 3 heteroatoms. The van der Waals surface area contributed by atoms with Gasteiger partial charge in [-0.3, -0.25) is 4.79 Å². The molecule has 0 heterocycles. The lowest BCUT2D eigenvalue weighted by molar-refractivity contribution is 0.102. The highest BCUT2D eigenvalue weighted by Crippen LogP contribution is 2.46. The van der Waals surface area contributed by atoms with Gasteiger partial charge in [0.05, 0.1) is 0 Å². The third-order valence-electron chi connectivity index (χ3n) is 6.97. The number of hydrogen-bond acceptors (Lipinski definition) is 2. The Labute approximate surface area is 197 Å². The van der Waals surface area contributed by atoms with Crippen molar-refractivity contribution in [3.63, 3.8) is 0 Å². The first-order valence-corrected chi connectivity index (χ1v) is 11.6. The van der Waals surface area contributed by atoms with E-state index in [2.05, 4.69) is 64.2 Å². The molecule has 0 saturated heterocycles. The van der Waals surface area contributed by atoms with Gasteiger partial charge in [0, 0.05) is 11.3 Å². The molecule has 0 unspecified atom stereocenters. The van der Waals surface area contributed by atoms with E-state index in [1.54, 1.807) is 24.3 Å². The summed E-state index contributed by atoms with van der Waals surface area (Å²) in [6, 6.07) is 21.0. The third kappa shape index (κ3) is 4.88. The summed E-state index contributed by atoms with van der Waals surface area (Å²) in [7, 11) is 0. The zero-order valence-electron chi connectivity index (χ0n) is 20.2. The number of phenolic OH excluding ortho intramolecular Hbond substituents is 1. The summed E-state index contributed by atoms with van der Waals surface area (Å²) < 4.78 is 0. The summed E-state index contributed by atoms with van der Waals surface area (Å²) >= 11 is 0. The Morgan fingerprint density at radius 1 is 0.848 bits per heavy atom. The molecule has 2 N–H and O–H groups in total. The van der Waals surface area contributed by atoms with Crippen molar-refractivity contribution >= 4 is 23.2 Å². The highest BCUT2D eigenvalue weighted by atomic mass is 16.3. The Balaban J connectivity index is 1.60. The average molecular weight is 440 g/mol. The molecule has 0 fully saturated rings.